The van der Waals surface area contributed by atoms with E-state index in [0.717, 1.165) is 25.7 Å². The topological polar surface area (TPSA) is 78.1 Å². The van der Waals surface area contributed by atoms with Gasteiger partial charge < -0.3 is 17.2 Å². The first kappa shape index (κ1) is 24.6. The van der Waals surface area contributed by atoms with Crippen LogP contribution in [-0.2, 0) is 0 Å². The second-order valence-corrected chi connectivity index (χ2v) is 11.4. The van der Waals surface area contributed by atoms with E-state index in [1.165, 1.54) is 5.57 Å². The SMILES string of the molecule is CC(N)CC(C)/C=C(/CC(C)(C)CC(C)(C)N)C(C)(C)CC(C)(C)N. The Hall–Kier alpha value is -0.380. The van der Waals surface area contributed by atoms with Crippen molar-refractivity contribution in [2.75, 3.05) is 0 Å². The normalized spacial score (nSPS) is 17.6. The van der Waals surface area contributed by atoms with Crippen LogP contribution in [0.1, 0.15) is 94.9 Å². The van der Waals surface area contributed by atoms with E-state index < -0.39 is 0 Å². The van der Waals surface area contributed by atoms with Crippen molar-refractivity contribution in [1.82, 2.24) is 0 Å². The third kappa shape index (κ3) is 11.8. The van der Waals surface area contributed by atoms with Gasteiger partial charge in [0.15, 0.2) is 0 Å². The van der Waals surface area contributed by atoms with Gasteiger partial charge in [-0.1, -0.05) is 46.3 Å². The summed E-state index contributed by atoms with van der Waals surface area (Å²) >= 11 is 0. The molecule has 25 heavy (non-hydrogen) atoms. The number of nitrogens with two attached hydrogens (primary N) is 3. The van der Waals surface area contributed by atoms with Crippen LogP contribution in [0.3, 0.4) is 0 Å². The summed E-state index contributed by atoms with van der Waals surface area (Å²) in [5.41, 5.74) is 20.1. The lowest BCUT2D eigenvalue weighted by molar-refractivity contribution is 0.223. The monoisotopic (exact) mass is 353 g/mol. The van der Waals surface area contributed by atoms with Crippen molar-refractivity contribution in [3.8, 4) is 0 Å². The maximum absolute atomic E-state index is 6.37. The largest absolute Gasteiger partial charge is 0.328 e. The molecule has 0 rings (SSSR count). The Labute approximate surface area is 158 Å². The van der Waals surface area contributed by atoms with Crippen molar-refractivity contribution in [3.63, 3.8) is 0 Å². The molecule has 0 aliphatic heterocycles. The zero-order chi connectivity index (χ0) is 20.3. The highest BCUT2D eigenvalue weighted by atomic mass is 14.7. The lowest BCUT2D eigenvalue weighted by Crippen LogP contribution is -2.40. The van der Waals surface area contributed by atoms with E-state index in [1.807, 2.05) is 0 Å². The first-order valence-corrected chi connectivity index (χ1v) is 9.88. The smallest absolute Gasteiger partial charge is 0.0105 e. The molecule has 0 saturated heterocycles. The zero-order valence-corrected chi connectivity index (χ0v) is 18.8. The molecule has 0 aromatic rings. The van der Waals surface area contributed by atoms with E-state index in [4.69, 9.17) is 17.2 Å². The van der Waals surface area contributed by atoms with Crippen LogP contribution < -0.4 is 17.2 Å². The van der Waals surface area contributed by atoms with E-state index in [1.54, 1.807) is 0 Å². The molecule has 0 aromatic carbocycles. The highest BCUT2D eigenvalue weighted by Gasteiger charge is 2.34. The average Bonchev–Trinajstić information content (AvgIpc) is 2.18. The second kappa shape index (κ2) is 8.54. The Bertz CT molecular complexity index is 431. The van der Waals surface area contributed by atoms with Crippen LogP contribution >= 0.6 is 0 Å². The Balaban J connectivity index is 5.64. The molecule has 0 aromatic heterocycles. The minimum absolute atomic E-state index is 0.0559. The fourth-order valence-corrected chi connectivity index (χ4v) is 4.59. The first-order chi connectivity index (χ1) is 10.8. The molecule has 150 valence electrons. The zero-order valence-electron chi connectivity index (χ0n) is 18.8. The van der Waals surface area contributed by atoms with E-state index >= 15 is 0 Å². The lowest BCUT2D eigenvalue weighted by Gasteiger charge is -2.40. The van der Waals surface area contributed by atoms with Crippen LogP contribution in [0.2, 0.25) is 0 Å². The number of hydrogen-bond donors (Lipinski definition) is 3. The number of allylic oxidation sites excluding steroid dienone is 2. The fourth-order valence-electron chi connectivity index (χ4n) is 4.59. The van der Waals surface area contributed by atoms with Crippen molar-refractivity contribution in [2.45, 2.75) is 112 Å². The Morgan fingerprint density at radius 3 is 1.64 bits per heavy atom. The minimum atomic E-state index is -0.190. The second-order valence-electron chi connectivity index (χ2n) is 11.4. The molecule has 2 unspecified atom stereocenters. The standard InChI is InChI=1S/C22H47N3/c1-16(11-17(2)23)12-18(20(5,6)15-22(9,10)25)13-19(3,4)14-21(7,8)24/h12,16-17H,11,13-15,23-25H2,1-10H3/b18-12-. The summed E-state index contributed by atoms with van der Waals surface area (Å²) in [6.45, 7) is 22.1. The predicted octanol–water partition coefficient (Wildman–Crippen LogP) is 4.98. The van der Waals surface area contributed by atoms with Crippen LogP contribution in [0, 0.1) is 16.7 Å². The van der Waals surface area contributed by atoms with E-state index in [9.17, 15) is 0 Å². The summed E-state index contributed by atoms with van der Waals surface area (Å²) in [6, 6.07) is 0.220. The summed E-state index contributed by atoms with van der Waals surface area (Å²) in [7, 11) is 0. The minimum Gasteiger partial charge on any atom is -0.328 e. The number of rotatable bonds is 10. The molecule has 0 amide bonds. The van der Waals surface area contributed by atoms with E-state index in [2.05, 4.69) is 75.3 Å². The molecular weight excluding hydrogens is 306 g/mol. The van der Waals surface area contributed by atoms with Gasteiger partial charge in [0.1, 0.15) is 0 Å². The first-order valence-electron chi connectivity index (χ1n) is 9.88. The van der Waals surface area contributed by atoms with Crippen LogP contribution in [0.15, 0.2) is 11.6 Å². The molecule has 3 heteroatoms. The lowest BCUT2D eigenvalue weighted by atomic mass is 9.67. The van der Waals surface area contributed by atoms with Crippen molar-refractivity contribution >= 4 is 0 Å². The van der Waals surface area contributed by atoms with Crippen molar-refractivity contribution < 1.29 is 0 Å². The quantitative estimate of drug-likeness (QED) is 0.484. The van der Waals surface area contributed by atoms with E-state index in [0.29, 0.717) is 5.92 Å². The predicted molar refractivity (Wildman–Crippen MR) is 113 cm³/mol. The Kier molecular flexibility index (Phi) is 8.41. The molecule has 0 saturated carbocycles. The van der Waals surface area contributed by atoms with Crippen molar-refractivity contribution in [2.24, 2.45) is 33.9 Å². The van der Waals surface area contributed by atoms with Gasteiger partial charge in [-0.3, -0.25) is 0 Å². The van der Waals surface area contributed by atoms with Crippen molar-refractivity contribution in [3.05, 3.63) is 11.6 Å². The van der Waals surface area contributed by atoms with Gasteiger partial charge in [0, 0.05) is 17.1 Å². The maximum atomic E-state index is 6.37. The Morgan fingerprint density at radius 1 is 0.840 bits per heavy atom. The van der Waals surface area contributed by atoms with Crippen LogP contribution in [0.5, 0.6) is 0 Å². The summed E-state index contributed by atoms with van der Waals surface area (Å²) < 4.78 is 0. The molecule has 0 bridgehead atoms. The number of hydrogen-bond acceptors (Lipinski definition) is 3. The summed E-state index contributed by atoms with van der Waals surface area (Å²) in [6.07, 6.45) is 6.45. The van der Waals surface area contributed by atoms with Gasteiger partial charge in [0.05, 0.1) is 0 Å². The highest BCUT2D eigenvalue weighted by Crippen LogP contribution is 2.43. The molecule has 0 spiro atoms. The molecule has 2 atom stereocenters. The molecule has 3 nitrogen and oxygen atoms in total. The summed E-state index contributed by atoms with van der Waals surface area (Å²) in [5.74, 6) is 0.469. The van der Waals surface area contributed by atoms with E-state index in [-0.39, 0.29) is 27.9 Å². The highest BCUT2D eigenvalue weighted by molar-refractivity contribution is 5.17. The van der Waals surface area contributed by atoms with Gasteiger partial charge in [0.25, 0.3) is 0 Å². The molecular formula is C22H47N3. The van der Waals surface area contributed by atoms with Gasteiger partial charge in [-0.2, -0.15) is 0 Å². The van der Waals surface area contributed by atoms with Crippen LogP contribution in [0.25, 0.3) is 0 Å². The molecule has 6 N–H and O–H groups in total. The van der Waals surface area contributed by atoms with Crippen LogP contribution in [0.4, 0.5) is 0 Å². The van der Waals surface area contributed by atoms with Gasteiger partial charge >= 0.3 is 0 Å². The molecule has 0 fully saturated rings. The molecule has 0 aliphatic carbocycles. The fraction of sp³-hybridized carbons (Fsp3) is 0.909. The molecule has 0 heterocycles. The molecule has 0 radical (unpaired) electrons. The average molecular weight is 354 g/mol. The van der Waals surface area contributed by atoms with Gasteiger partial charge in [-0.05, 0) is 77.0 Å². The maximum Gasteiger partial charge on any atom is 0.0105 e. The summed E-state index contributed by atoms with van der Waals surface area (Å²) in [5, 5.41) is 0. The van der Waals surface area contributed by atoms with Gasteiger partial charge in [-0.15, -0.1) is 0 Å². The van der Waals surface area contributed by atoms with Crippen molar-refractivity contribution in [1.29, 1.82) is 0 Å². The third-order valence-electron chi connectivity index (χ3n) is 4.60. The van der Waals surface area contributed by atoms with Gasteiger partial charge in [-0.25, -0.2) is 0 Å². The Morgan fingerprint density at radius 2 is 1.28 bits per heavy atom. The third-order valence-corrected chi connectivity index (χ3v) is 4.60. The molecule has 0 aliphatic rings. The van der Waals surface area contributed by atoms with Crippen LogP contribution in [-0.4, -0.2) is 17.1 Å². The summed E-state index contributed by atoms with van der Waals surface area (Å²) in [4.78, 5) is 0. The van der Waals surface area contributed by atoms with Gasteiger partial charge in [0.2, 0.25) is 0 Å².